The lowest BCUT2D eigenvalue weighted by Crippen LogP contribution is -2.14. The number of aromatic nitrogens is 4. The van der Waals surface area contributed by atoms with Gasteiger partial charge in [0.15, 0.2) is 0 Å². The molecule has 0 unspecified atom stereocenters. The number of carbonyl (C=O) groups is 1. The Hall–Kier alpha value is -4.53. The van der Waals surface area contributed by atoms with Crippen molar-refractivity contribution in [1.29, 1.82) is 0 Å². The molecule has 4 aromatic rings. The summed E-state index contributed by atoms with van der Waals surface area (Å²) in [5.41, 5.74) is 1.97. The fourth-order valence-corrected chi connectivity index (χ4v) is 4.01. The van der Waals surface area contributed by atoms with E-state index in [1.807, 2.05) is 55.5 Å². The lowest BCUT2D eigenvalue weighted by molar-refractivity contribution is 0.102. The second-order valence-electron chi connectivity index (χ2n) is 8.59. The second kappa shape index (κ2) is 10.8. The maximum atomic E-state index is 12.6. The van der Waals surface area contributed by atoms with Crippen molar-refractivity contribution < 1.29 is 9.53 Å². The Morgan fingerprint density at radius 2 is 1.61 bits per heavy atom. The number of anilines is 5. The van der Waals surface area contributed by atoms with Crippen LogP contribution in [0.5, 0.6) is 5.88 Å². The van der Waals surface area contributed by atoms with E-state index in [0.717, 1.165) is 18.5 Å². The maximum absolute atomic E-state index is 12.6. The Kier molecular flexibility index (Phi) is 6.98. The fraction of sp³-hybridized carbons (Fsp3) is 0.222. The quantitative estimate of drug-likeness (QED) is 0.296. The number of pyridine rings is 2. The van der Waals surface area contributed by atoms with Crippen LogP contribution in [0.1, 0.15) is 41.9 Å². The van der Waals surface area contributed by atoms with Gasteiger partial charge in [0.1, 0.15) is 29.4 Å². The zero-order valence-electron chi connectivity index (χ0n) is 19.9. The average Bonchev–Trinajstić information content (AvgIpc) is 3.39. The Labute approximate surface area is 209 Å². The van der Waals surface area contributed by atoms with E-state index in [2.05, 4.69) is 35.9 Å². The highest BCUT2D eigenvalue weighted by Gasteiger charge is 2.17. The van der Waals surface area contributed by atoms with Crippen LogP contribution in [0.25, 0.3) is 0 Å². The third-order valence-electron chi connectivity index (χ3n) is 5.76. The van der Waals surface area contributed by atoms with E-state index in [0.29, 0.717) is 40.4 Å². The van der Waals surface area contributed by atoms with Gasteiger partial charge >= 0.3 is 0 Å². The molecule has 1 aliphatic carbocycles. The van der Waals surface area contributed by atoms with Crippen LogP contribution in [0, 0.1) is 6.92 Å². The van der Waals surface area contributed by atoms with Crippen molar-refractivity contribution in [1.82, 2.24) is 19.9 Å². The van der Waals surface area contributed by atoms with E-state index >= 15 is 0 Å². The number of benzene rings is 1. The molecule has 9 heteroatoms. The van der Waals surface area contributed by atoms with E-state index in [4.69, 9.17) is 4.74 Å². The lowest BCUT2D eigenvalue weighted by Gasteiger charge is -2.12. The largest absolute Gasteiger partial charge is 0.474 e. The minimum absolute atomic E-state index is 0.229. The van der Waals surface area contributed by atoms with Gasteiger partial charge in [-0.05, 0) is 75.1 Å². The molecule has 1 saturated carbocycles. The molecule has 3 aromatic heterocycles. The van der Waals surface area contributed by atoms with Gasteiger partial charge in [-0.1, -0.05) is 6.07 Å². The molecule has 1 aliphatic rings. The third-order valence-corrected chi connectivity index (χ3v) is 5.76. The molecular weight excluding hydrogens is 454 g/mol. The summed E-state index contributed by atoms with van der Waals surface area (Å²) in [4.78, 5) is 30.1. The molecule has 0 radical (unpaired) electrons. The maximum Gasteiger partial charge on any atom is 0.257 e. The van der Waals surface area contributed by atoms with E-state index in [9.17, 15) is 4.79 Å². The fourth-order valence-electron chi connectivity index (χ4n) is 4.01. The summed E-state index contributed by atoms with van der Waals surface area (Å²) in [5, 5.41) is 9.34. The second-order valence-corrected chi connectivity index (χ2v) is 8.59. The summed E-state index contributed by atoms with van der Waals surface area (Å²) in [5.74, 6) is 2.94. The summed E-state index contributed by atoms with van der Waals surface area (Å²) >= 11 is 0. The smallest absolute Gasteiger partial charge is 0.257 e. The Balaban J connectivity index is 1.18. The summed E-state index contributed by atoms with van der Waals surface area (Å²) in [6.07, 6.45) is 8.02. The lowest BCUT2D eigenvalue weighted by atomic mass is 10.2. The van der Waals surface area contributed by atoms with Crippen molar-refractivity contribution in [3.05, 3.63) is 84.4 Å². The van der Waals surface area contributed by atoms with Crippen LogP contribution >= 0.6 is 0 Å². The van der Waals surface area contributed by atoms with Crippen molar-refractivity contribution in [2.24, 2.45) is 0 Å². The topological polar surface area (TPSA) is 114 Å². The number of aryl methyl sites for hydroxylation is 1. The van der Waals surface area contributed by atoms with Gasteiger partial charge in [-0.15, -0.1) is 0 Å². The predicted molar refractivity (Wildman–Crippen MR) is 139 cm³/mol. The molecule has 0 aliphatic heterocycles. The normalized spacial score (nSPS) is 13.2. The Morgan fingerprint density at radius 3 is 2.31 bits per heavy atom. The highest BCUT2D eigenvalue weighted by Crippen LogP contribution is 2.24. The van der Waals surface area contributed by atoms with Crippen LogP contribution in [-0.2, 0) is 0 Å². The van der Waals surface area contributed by atoms with Crippen LogP contribution in [0.15, 0.2) is 73.1 Å². The van der Waals surface area contributed by atoms with Gasteiger partial charge in [0, 0.05) is 35.9 Å². The van der Waals surface area contributed by atoms with Gasteiger partial charge in [-0.2, -0.15) is 0 Å². The molecule has 182 valence electrons. The highest BCUT2D eigenvalue weighted by atomic mass is 16.5. The van der Waals surface area contributed by atoms with Crippen LogP contribution in [0.4, 0.5) is 28.8 Å². The number of ether oxygens (including phenoxy) is 1. The molecule has 0 atom stereocenters. The zero-order chi connectivity index (χ0) is 24.7. The van der Waals surface area contributed by atoms with E-state index in [-0.39, 0.29) is 12.0 Å². The van der Waals surface area contributed by atoms with Crippen molar-refractivity contribution >= 4 is 34.7 Å². The SMILES string of the molecule is Cc1nc(Nc2ccc(NC(=O)c3ccc(OC4CCCC4)nc3)cc2)cc(Nc2ccccn2)n1. The van der Waals surface area contributed by atoms with Crippen molar-refractivity contribution in [2.75, 3.05) is 16.0 Å². The van der Waals surface area contributed by atoms with Gasteiger partial charge in [-0.25, -0.2) is 19.9 Å². The van der Waals surface area contributed by atoms with Crippen LogP contribution in [0.2, 0.25) is 0 Å². The van der Waals surface area contributed by atoms with Crippen LogP contribution in [-0.4, -0.2) is 31.9 Å². The van der Waals surface area contributed by atoms with Gasteiger partial charge in [0.05, 0.1) is 5.56 Å². The summed E-state index contributed by atoms with van der Waals surface area (Å²) in [7, 11) is 0. The van der Waals surface area contributed by atoms with Crippen molar-refractivity contribution in [3.8, 4) is 5.88 Å². The minimum atomic E-state index is -0.229. The van der Waals surface area contributed by atoms with Gasteiger partial charge < -0.3 is 20.7 Å². The molecule has 3 N–H and O–H groups in total. The molecule has 5 rings (SSSR count). The number of nitrogens with zero attached hydrogens (tertiary/aromatic N) is 4. The molecule has 0 bridgehead atoms. The molecule has 36 heavy (non-hydrogen) atoms. The number of nitrogens with one attached hydrogen (secondary N) is 3. The first-order chi connectivity index (χ1) is 17.6. The summed E-state index contributed by atoms with van der Waals surface area (Å²) in [6.45, 7) is 1.83. The minimum Gasteiger partial charge on any atom is -0.474 e. The molecular formula is C27H27N7O2. The van der Waals surface area contributed by atoms with E-state index < -0.39 is 0 Å². The first kappa shape index (κ1) is 23.2. The molecule has 1 aromatic carbocycles. The number of carbonyl (C=O) groups excluding carboxylic acids is 1. The zero-order valence-corrected chi connectivity index (χ0v) is 19.9. The molecule has 9 nitrogen and oxygen atoms in total. The number of amides is 1. The predicted octanol–water partition coefficient (Wildman–Crippen LogP) is 5.64. The highest BCUT2D eigenvalue weighted by molar-refractivity contribution is 6.04. The molecule has 3 heterocycles. The Morgan fingerprint density at radius 1 is 0.861 bits per heavy atom. The van der Waals surface area contributed by atoms with Gasteiger partial charge in [0.2, 0.25) is 5.88 Å². The summed E-state index contributed by atoms with van der Waals surface area (Å²) in [6, 6.07) is 18.3. The first-order valence-corrected chi connectivity index (χ1v) is 12.0. The van der Waals surface area contributed by atoms with Gasteiger partial charge in [-0.3, -0.25) is 4.79 Å². The van der Waals surface area contributed by atoms with Crippen molar-refractivity contribution in [2.45, 2.75) is 38.7 Å². The summed E-state index contributed by atoms with van der Waals surface area (Å²) < 4.78 is 5.87. The van der Waals surface area contributed by atoms with Crippen LogP contribution in [0.3, 0.4) is 0 Å². The third kappa shape index (κ3) is 6.12. The molecule has 1 fully saturated rings. The number of hydrogen-bond acceptors (Lipinski definition) is 8. The van der Waals surface area contributed by atoms with E-state index in [1.165, 1.54) is 12.8 Å². The first-order valence-electron chi connectivity index (χ1n) is 12.0. The van der Waals surface area contributed by atoms with Crippen LogP contribution < -0.4 is 20.7 Å². The number of rotatable bonds is 8. The molecule has 1 amide bonds. The Bertz CT molecular complexity index is 1310. The molecule has 0 spiro atoms. The number of hydrogen-bond donors (Lipinski definition) is 3. The van der Waals surface area contributed by atoms with Crippen molar-refractivity contribution in [3.63, 3.8) is 0 Å². The monoisotopic (exact) mass is 481 g/mol. The molecule has 0 saturated heterocycles. The van der Waals surface area contributed by atoms with Gasteiger partial charge in [0.25, 0.3) is 5.91 Å². The standard InChI is InChI=1S/C27H27N7O2/c1-18-30-24(16-25(31-18)34-23-8-4-5-15-28-23)32-20-10-12-21(13-11-20)33-27(35)19-9-14-26(29-17-19)36-22-6-2-3-7-22/h4-5,8-17,22H,2-3,6-7H2,1H3,(H,33,35)(H2,28,30,31,32,34). The van der Waals surface area contributed by atoms with E-state index in [1.54, 1.807) is 24.5 Å². The average molecular weight is 482 g/mol.